The maximum atomic E-state index is 12.4. The molecule has 0 aliphatic carbocycles. The van der Waals surface area contributed by atoms with Crippen molar-refractivity contribution >= 4 is 33.2 Å². The van der Waals surface area contributed by atoms with Crippen LogP contribution in [0.4, 0.5) is 11.4 Å². The van der Waals surface area contributed by atoms with Crippen LogP contribution >= 0.6 is 15.9 Å². The van der Waals surface area contributed by atoms with Gasteiger partial charge in [-0.1, -0.05) is 15.9 Å². The minimum absolute atomic E-state index is 0.125. The molecule has 19 heavy (non-hydrogen) atoms. The Balaban J connectivity index is 2.36. The van der Waals surface area contributed by atoms with E-state index in [2.05, 4.69) is 21.0 Å². The van der Waals surface area contributed by atoms with E-state index in [0.29, 0.717) is 22.6 Å². The van der Waals surface area contributed by atoms with E-state index in [9.17, 15) is 4.79 Å². The van der Waals surface area contributed by atoms with Crippen LogP contribution in [-0.2, 0) is 7.05 Å². The summed E-state index contributed by atoms with van der Waals surface area (Å²) in [7, 11) is 3.49. The Morgan fingerprint density at radius 1 is 1.47 bits per heavy atom. The Morgan fingerprint density at radius 2 is 2.16 bits per heavy atom. The average Bonchev–Trinajstić information content (AvgIpc) is 2.67. The zero-order chi connectivity index (χ0) is 14.2. The first kappa shape index (κ1) is 13.6. The van der Waals surface area contributed by atoms with E-state index < -0.39 is 0 Å². The molecular formula is C13H15BrN4O. The van der Waals surface area contributed by atoms with Gasteiger partial charge < -0.3 is 10.6 Å². The molecule has 2 N–H and O–H groups in total. The first-order valence-electron chi connectivity index (χ1n) is 5.73. The van der Waals surface area contributed by atoms with Gasteiger partial charge >= 0.3 is 0 Å². The third-order valence-corrected chi connectivity index (χ3v) is 3.39. The number of rotatable bonds is 2. The maximum Gasteiger partial charge on any atom is 0.261 e. The van der Waals surface area contributed by atoms with Crippen LogP contribution in [0.3, 0.4) is 0 Å². The van der Waals surface area contributed by atoms with Crippen molar-refractivity contribution in [3.63, 3.8) is 0 Å². The third kappa shape index (κ3) is 2.63. The van der Waals surface area contributed by atoms with Gasteiger partial charge in [-0.3, -0.25) is 9.48 Å². The summed E-state index contributed by atoms with van der Waals surface area (Å²) < 4.78 is 2.51. The number of amides is 1. The molecule has 0 spiro atoms. The van der Waals surface area contributed by atoms with E-state index in [0.717, 1.165) is 4.47 Å². The molecule has 1 heterocycles. The van der Waals surface area contributed by atoms with Crippen LogP contribution in [0.2, 0.25) is 0 Å². The van der Waals surface area contributed by atoms with Gasteiger partial charge in [-0.25, -0.2) is 0 Å². The highest BCUT2D eigenvalue weighted by Gasteiger charge is 2.19. The molecule has 0 aliphatic heterocycles. The summed E-state index contributed by atoms with van der Waals surface area (Å²) in [6, 6.07) is 5.43. The monoisotopic (exact) mass is 322 g/mol. The van der Waals surface area contributed by atoms with Crippen LogP contribution in [0.25, 0.3) is 0 Å². The van der Waals surface area contributed by atoms with Crippen molar-refractivity contribution in [2.75, 3.05) is 17.7 Å². The predicted molar refractivity (Wildman–Crippen MR) is 79.2 cm³/mol. The standard InChI is InChI=1S/C13H15BrN4O/c1-8-10(7-17(2)16-8)13(19)18(3)12-5-4-9(14)6-11(12)15/h4-7H,15H2,1-3H3. The quantitative estimate of drug-likeness (QED) is 0.863. The number of aryl methyl sites for hydroxylation is 2. The smallest absolute Gasteiger partial charge is 0.261 e. The minimum atomic E-state index is -0.125. The molecule has 0 saturated carbocycles. The van der Waals surface area contributed by atoms with Crippen LogP contribution < -0.4 is 10.6 Å². The molecule has 0 radical (unpaired) electrons. The van der Waals surface area contributed by atoms with E-state index in [4.69, 9.17) is 5.73 Å². The number of nitrogens with zero attached hydrogens (tertiary/aromatic N) is 3. The lowest BCUT2D eigenvalue weighted by Crippen LogP contribution is -2.27. The summed E-state index contributed by atoms with van der Waals surface area (Å²) in [6.07, 6.45) is 1.71. The molecule has 1 aromatic heterocycles. The van der Waals surface area contributed by atoms with Gasteiger partial charge in [0.2, 0.25) is 0 Å². The van der Waals surface area contributed by atoms with Crippen LogP contribution in [0, 0.1) is 6.92 Å². The number of carbonyl (C=O) groups excluding carboxylic acids is 1. The molecule has 6 heteroatoms. The van der Waals surface area contributed by atoms with Crippen molar-refractivity contribution in [2.45, 2.75) is 6.92 Å². The van der Waals surface area contributed by atoms with Gasteiger partial charge in [0.25, 0.3) is 5.91 Å². The van der Waals surface area contributed by atoms with E-state index in [-0.39, 0.29) is 5.91 Å². The highest BCUT2D eigenvalue weighted by molar-refractivity contribution is 9.10. The van der Waals surface area contributed by atoms with Gasteiger partial charge in [-0.15, -0.1) is 0 Å². The minimum Gasteiger partial charge on any atom is -0.397 e. The molecule has 1 aromatic carbocycles. The second kappa shape index (κ2) is 5.05. The molecule has 5 nitrogen and oxygen atoms in total. The van der Waals surface area contributed by atoms with E-state index in [1.165, 1.54) is 4.90 Å². The Kier molecular flexibility index (Phi) is 3.61. The molecule has 0 unspecified atom stereocenters. The normalized spacial score (nSPS) is 10.5. The molecule has 0 fully saturated rings. The summed E-state index contributed by atoms with van der Waals surface area (Å²) >= 11 is 3.35. The van der Waals surface area contributed by atoms with Crippen LogP contribution in [0.1, 0.15) is 16.1 Å². The summed E-state index contributed by atoms with van der Waals surface area (Å²) in [5.41, 5.74) is 8.44. The second-order valence-corrected chi connectivity index (χ2v) is 5.28. The summed E-state index contributed by atoms with van der Waals surface area (Å²) in [5, 5.41) is 4.18. The lowest BCUT2D eigenvalue weighted by molar-refractivity contribution is 0.0992. The van der Waals surface area contributed by atoms with Gasteiger partial charge in [-0.05, 0) is 25.1 Å². The molecule has 0 atom stereocenters. The Labute approximate surface area is 120 Å². The second-order valence-electron chi connectivity index (χ2n) is 4.37. The Bertz CT molecular complexity index is 636. The predicted octanol–water partition coefficient (Wildman–Crippen LogP) is 2.35. The number of benzene rings is 1. The molecule has 0 bridgehead atoms. The Morgan fingerprint density at radius 3 is 2.68 bits per heavy atom. The van der Waals surface area contributed by atoms with Crippen molar-refractivity contribution in [3.05, 3.63) is 40.1 Å². The van der Waals surface area contributed by atoms with Crippen molar-refractivity contribution in [2.24, 2.45) is 7.05 Å². The number of hydrogen-bond acceptors (Lipinski definition) is 3. The topological polar surface area (TPSA) is 64.2 Å². The van der Waals surface area contributed by atoms with Crippen molar-refractivity contribution < 1.29 is 4.79 Å². The molecular weight excluding hydrogens is 308 g/mol. The first-order chi connectivity index (χ1) is 8.90. The highest BCUT2D eigenvalue weighted by Crippen LogP contribution is 2.27. The Hall–Kier alpha value is -1.82. The van der Waals surface area contributed by atoms with Gasteiger partial charge in [0.05, 0.1) is 22.6 Å². The van der Waals surface area contributed by atoms with Crippen molar-refractivity contribution in [3.8, 4) is 0 Å². The fraction of sp³-hybridized carbons (Fsp3) is 0.231. The highest BCUT2D eigenvalue weighted by atomic mass is 79.9. The van der Waals surface area contributed by atoms with Crippen molar-refractivity contribution in [1.29, 1.82) is 0 Å². The summed E-state index contributed by atoms with van der Waals surface area (Å²) in [6.45, 7) is 1.81. The van der Waals surface area contributed by atoms with Crippen LogP contribution in [0.15, 0.2) is 28.9 Å². The van der Waals surface area contributed by atoms with Gasteiger partial charge in [-0.2, -0.15) is 5.10 Å². The SMILES string of the molecule is Cc1nn(C)cc1C(=O)N(C)c1ccc(Br)cc1N. The maximum absolute atomic E-state index is 12.4. The van der Waals surface area contributed by atoms with E-state index >= 15 is 0 Å². The average molecular weight is 323 g/mol. The number of nitrogen functional groups attached to an aromatic ring is 1. The number of halogens is 1. The molecule has 0 aliphatic rings. The number of hydrogen-bond donors (Lipinski definition) is 1. The molecule has 100 valence electrons. The zero-order valence-electron chi connectivity index (χ0n) is 11.0. The van der Waals surface area contributed by atoms with Crippen LogP contribution in [0.5, 0.6) is 0 Å². The number of carbonyl (C=O) groups is 1. The molecule has 0 saturated heterocycles. The lowest BCUT2D eigenvalue weighted by Gasteiger charge is -2.19. The number of aromatic nitrogens is 2. The van der Waals surface area contributed by atoms with Gasteiger partial charge in [0.15, 0.2) is 0 Å². The lowest BCUT2D eigenvalue weighted by atomic mass is 10.2. The van der Waals surface area contributed by atoms with Gasteiger partial charge in [0.1, 0.15) is 0 Å². The molecule has 2 rings (SSSR count). The van der Waals surface area contributed by atoms with Crippen molar-refractivity contribution in [1.82, 2.24) is 9.78 Å². The molecule has 1 amide bonds. The third-order valence-electron chi connectivity index (χ3n) is 2.90. The first-order valence-corrected chi connectivity index (χ1v) is 6.52. The largest absolute Gasteiger partial charge is 0.397 e. The number of nitrogens with two attached hydrogens (primary N) is 1. The van der Waals surface area contributed by atoms with Crippen LogP contribution in [-0.4, -0.2) is 22.7 Å². The number of anilines is 2. The van der Waals surface area contributed by atoms with E-state index in [1.54, 1.807) is 31.0 Å². The van der Waals surface area contributed by atoms with Gasteiger partial charge in [0, 0.05) is 24.8 Å². The van der Waals surface area contributed by atoms with E-state index in [1.807, 2.05) is 19.1 Å². The summed E-state index contributed by atoms with van der Waals surface area (Å²) in [4.78, 5) is 14.0. The fourth-order valence-electron chi connectivity index (χ4n) is 1.93. The zero-order valence-corrected chi connectivity index (χ0v) is 12.6. The molecule has 2 aromatic rings. The fourth-order valence-corrected chi connectivity index (χ4v) is 2.31. The summed E-state index contributed by atoms with van der Waals surface area (Å²) in [5.74, 6) is -0.125.